The van der Waals surface area contributed by atoms with Gasteiger partial charge in [-0.1, -0.05) is 105 Å². The Bertz CT molecular complexity index is 1380. The zero-order chi connectivity index (χ0) is 32.0. The Morgan fingerprint density at radius 1 is 0.870 bits per heavy atom. The number of rotatable bonds is 11. The molecule has 46 heavy (non-hydrogen) atoms. The fraction of sp³-hybridized carbons (Fsp3) is 0.595. The maximum absolute atomic E-state index is 13.0. The summed E-state index contributed by atoms with van der Waals surface area (Å²) in [4.78, 5) is 13.0. The van der Waals surface area contributed by atoms with Gasteiger partial charge in [0.1, 0.15) is 5.75 Å². The van der Waals surface area contributed by atoms with E-state index in [4.69, 9.17) is 5.73 Å². The molecule has 2 aromatic rings. The number of phenols is 1. The molecule has 4 nitrogen and oxygen atoms in total. The molecule has 5 aliphatic carbocycles. The first-order valence-corrected chi connectivity index (χ1v) is 18.6. The van der Waals surface area contributed by atoms with Gasteiger partial charge in [0.15, 0.2) is 0 Å². The van der Waals surface area contributed by atoms with Crippen molar-refractivity contribution in [3.05, 3.63) is 88.5 Å². The van der Waals surface area contributed by atoms with Crippen molar-refractivity contribution in [3.63, 3.8) is 0 Å². The van der Waals surface area contributed by atoms with Crippen molar-refractivity contribution in [2.24, 2.45) is 23.5 Å². The van der Waals surface area contributed by atoms with Crippen LogP contribution in [0.2, 0.25) is 0 Å². The molecule has 0 saturated heterocycles. The van der Waals surface area contributed by atoms with Gasteiger partial charge in [-0.15, -0.1) is 0 Å². The van der Waals surface area contributed by atoms with E-state index in [1.807, 2.05) is 12.1 Å². The van der Waals surface area contributed by atoms with Crippen molar-refractivity contribution < 1.29 is 15.0 Å². The standard InChI is InChI=1S/C42H57NO3/c43-26-22-33-14-13-31(27-33)9-4-1-2-5-11-37-28-32-15-20-39(40(45)46)41(23-6-3-7-24-41)36-12-8-10-34(29-36)30-42(37,25-21-32)35-16-18-38(44)19-17-35/h8,10,12,15-19,27,29,31,37,39,44H,1-7,9,11,13-14,20-26,28,30,43H2,(H,45,46). The summed E-state index contributed by atoms with van der Waals surface area (Å²) in [5.41, 5.74) is 12.5. The summed E-state index contributed by atoms with van der Waals surface area (Å²) in [5, 5.41) is 20.9. The summed E-state index contributed by atoms with van der Waals surface area (Å²) < 4.78 is 0. The van der Waals surface area contributed by atoms with E-state index in [0.29, 0.717) is 18.1 Å². The van der Waals surface area contributed by atoms with E-state index < -0.39 is 5.97 Å². The molecule has 4 N–H and O–H groups in total. The van der Waals surface area contributed by atoms with Gasteiger partial charge in [0.05, 0.1) is 5.92 Å². The summed E-state index contributed by atoms with van der Waals surface area (Å²) in [6.45, 7) is 0.772. The summed E-state index contributed by atoms with van der Waals surface area (Å²) in [6.07, 6.45) is 26.2. The maximum atomic E-state index is 13.0. The number of aromatic hydroxyl groups is 1. The predicted molar refractivity (Wildman–Crippen MR) is 188 cm³/mol. The number of phenolic OH excluding ortho intramolecular Hbond substituents is 1. The van der Waals surface area contributed by atoms with Crippen LogP contribution in [0.1, 0.15) is 132 Å². The lowest BCUT2D eigenvalue weighted by Crippen LogP contribution is -2.43. The minimum Gasteiger partial charge on any atom is -0.508 e. The SMILES string of the molecule is NCCC1=CC(CCCCCCC2CC3=CCC(C(=O)O)C4(CCCCC4)c4cccc(c4)CC2(c2ccc(O)cc2)CC3)CC1. The highest BCUT2D eigenvalue weighted by atomic mass is 16.4. The van der Waals surface area contributed by atoms with E-state index in [2.05, 4.69) is 48.6 Å². The van der Waals surface area contributed by atoms with Crippen molar-refractivity contribution in [3.8, 4) is 5.75 Å². The van der Waals surface area contributed by atoms with Crippen molar-refractivity contribution in [1.29, 1.82) is 0 Å². The smallest absolute Gasteiger partial charge is 0.307 e. The van der Waals surface area contributed by atoms with Gasteiger partial charge in [-0.2, -0.15) is 0 Å². The number of unbranched alkanes of at least 4 members (excludes halogenated alkanes) is 3. The molecule has 5 aliphatic rings. The number of fused-ring (bicyclic) bond motifs is 4. The van der Waals surface area contributed by atoms with Crippen LogP contribution in [0, 0.1) is 17.8 Å². The molecule has 0 heterocycles. The molecule has 4 bridgehead atoms. The van der Waals surface area contributed by atoms with Gasteiger partial charge in [-0.25, -0.2) is 0 Å². The van der Waals surface area contributed by atoms with Crippen LogP contribution >= 0.6 is 0 Å². The van der Waals surface area contributed by atoms with Crippen LogP contribution in [0.25, 0.3) is 0 Å². The molecule has 0 amide bonds. The number of hydrogen-bond acceptors (Lipinski definition) is 3. The number of carboxylic acid groups (broad SMARTS) is 1. The Balaban J connectivity index is 1.25. The number of allylic oxidation sites excluding steroid dienone is 3. The second-order valence-corrected chi connectivity index (χ2v) is 15.3. The second kappa shape index (κ2) is 14.9. The zero-order valence-corrected chi connectivity index (χ0v) is 28.0. The Kier molecular flexibility index (Phi) is 10.7. The Morgan fingerprint density at radius 3 is 2.41 bits per heavy atom. The summed E-state index contributed by atoms with van der Waals surface area (Å²) in [7, 11) is 0. The zero-order valence-electron chi connectivity index (χ0n) is 28.0. The number of benzene rings is 2. The minimum absolute atomic E-state index is 0.00280. The molecule has 1 spiro atoms. The first-order chi connectivity index (χ1) is 22.4. The van der Waals surface area contributed by atoms with Crippen molar-refractivity contribution in [2.45, 2.75) is 133 Å². The lowest BCUT2D eigenvalue weighted by molar-refractivity contribution is -0.145. The van der Waals surface area contributed by atoms with Crippen LogP contribution in [-0.2, 0) is 22.0 Å². The Labute approximate surface area is 277 Å². The van der Waals surface area contributed by atoms with Crippen molar-refractivity contribution in [1.82, 2.24) is 0 Å². The highest BCUT2D eigenvalue weighted by molar-refractivity contribution is 5.73. The fourth-order valence-electron chi connectivity index (χ4n) is 10.1. The Hall–Kier alpha value is -2.85. The van der Waals surface area contributed by atoms with Crippen LogP contribution in [0.15, 0.2) is 71.8 Å². The average Bonchev–Trinajstić information content (AvgIpc) is 3.51. The average molecular weight is 624 g/mol. The molecule has 4 atom stereocenters. The number of nitrogens with two attached hydrogens (primary N) is 1. The molecule has 2 saturated carbocycles. The molecule has 248 valence electrons. The number of carbonyl (C=O) groups is 1. The topological polar surface area (TPSA) is 83.6 Å². The minimum atomic E-state index is -0.629. The second-order valence-electron chi connectivity index (χ2n) is 15.3. The van der Waals surface area contributed by atoms with Gasteiger partial charge >= 0.3 is 5.97 Å². The molecule has 2 aromatic carbocycles. The van der Waals surface area contributed by atoms with Gasteiger partial charge in [-0.3, -0.25) is 4.79 Å². The molecule has 4 heteroatoms. The van der Waals surface area contributed by atoms with Crippen molar-refractivity contribution >= 4 is 5.97 Å². The van der Waals surface area contributed by atoms with E-state index in [1.54, 1.807) is 5.57 Å². The fourth-order valence-corrected chi connectivity index (χ4v) is 10.1. The van der Waals surface area contributed by atoms with E-state index in [9.17, 15) is 15.0 Å². The predicted octanol–water partition coefficient (Wildman–Crippen LogP) is 9.93. The molecule has 2 fully saturated rings. The molecule has 4 unspecified atom stereocenters. The molecular formula is C42H57NO3. The molecule has 0 aliphatic heterocycles. The first-order valence-electron chi connectivity index (χ1n) is 18.6. The van der Waals surface area contributed by atoms with Crippen molar-refractivity contribution in [2.75, 3.05) is 6.54 Å². The Morgan fingerprint density at radius 2 is 1.65 bits per heavy atom. The third-order valence-corrected chi connectivity index (χ3v) is 12.6. The highest BCUT2D eigenvalue weighted by Gasteiger charge is 2.47. The molecular weight excluding hydrogens is 566 g/mol. The molecule has 7 rings (SSSR count). The number of aliphatic carboxylic acids is 1. The van der Waals surface area contributed by atoms with E-state index >= 15 is 0 Å². The van der Waals surface area contributed by atoms with E-state index in [1.165, 1.54) is 80.1 Å². The molecule has 0 radical (unpaired) electrons. The number of carboxylic acids is 1. The van der Waals surface area contributed by atoms with Gasteiger partial charge in [-0.05, 0) is 124 Å². The van der Waals surface area contributed by atoms with Gasteiger partial charge in [0, 0.05) is 10.8 Å². The van der Waals surface area contributed by atoms with Gasteiger partial charge in [0.2, 0.25) is 0 Å². The van der Waals surface area contributed by atoms with Crippen LogP contribution in [0.4, 0.5) is 0 Å². The largest absolute Gasteiger partial charge is 0.508 e. The third kappa shape index (κ3) is 7.18. The van der Waals surface area contributed by atoms with Crippen LogP contribution in [0.5, 0.6) is 5.75 Å². The van der Waals surface area contributed by atoms with E-state index in [-0.39, 0.29) is 16.7 Å². The summed E-state index contributed by atoms with van der Waals surface area (Å²) in [5.74, 6) is 0.568. The normalized spacial score (nSPS) is 27.5. The highest BCUT2D eigenvalue weighted by Crippen LogP contribution is 2.53. The lowest BCUT2D eigenvalue weighted by Gasteiger charge is -2.48. The van der Waals surface area contributed by atoms with Crippen LogP contribution < -0.4 is 5.73 Å². The monoisotopic (exact) mass is 623 g/mol. The molecule has 0 aromatic heterocycles. The van der Waals surface area contributed by atoms with Crippen LogP contribution in [0.3, 0.4) is 0 Å². The van der Waals surface area contributed by atoms with Crippen LogP contribution in [-0.4, -0.2) is 22.7 Å². The maximum Gasteiger partial charge on any atom is 0.307 e. The first kappa shape index (κ1) is 33.1. The van der Waals surface area contributed by atoms with Gasteiger partial charge in [0.25, 0.3) is 0 Å². The summed E-state index contributed by atoms with van der Waals surface area (Å²) in [6, 6.07) is 17.3. The van der Waals surface area contributed by atoms with E-state index in [0.717, 1.165) is 70.3 Å². The number of hydrogen-bond donors (Lipinski definition) is 3. The lowest BCUT2D eigenvalue weighted by atomic mass is 9.56. The quantitative estimate of drug-likeness (QED) is 0.172. The third-order valence-electron chi connectivity index (χ3n) is 12.6. The van der Waals surface area contributed by atoms with Gasteiger partial charge < -0.3 is 15.9 Å². The summed E-state index contributed by atoms with van der Waals surface area (Å²) >= 11 is 0.